The summed E-state index contributed by atoms with van der Waals surface area (Å²) >= 11 is 0. The number of rotatable bonds is 10. The first-order chi connectivity index (χ1) is 14.7. The van der Waals surface area contributed by atoms with Crippen LogP contribution >= 0.6 is 0 Å². The van der Waals surface area contributed by atoms with Crippen molar-refractivity contribution in [2.75, 3.05) is 25.6 Å². The fraction of sp³-hybridized carbons (Fsp3) is 0.375. The number of ether oxygens (including phenoxy) is 2. The third kappa shape index (κ3) is 7.36. The van der Waals surface area contributed by atoms with Crippen LogP contribution in [0.3, 0.4) is 0 Å². The van der Waals surface area contributed by atoms with E-state index in [1.54, 1.807) is 25.3 Å². The molecule has 0 fully saturated rings. The standard InChI is InChI=1S/C24H30F2N2O3/c1-16(2)28(17(3)4)12-13-31-23-15-20(8-10-22(23)30-5)27-24(29)11-6-18-14-19(25)7-9-21(18)26/h6-11,14-17H,12-13H2,1-5H3,(H,27,29). The number of carbonyl (C=O) groups excluding carboxylic acids is 1. The van der Waals surface area contributed by atoms with Crippen molar-refractivity contribution in [2.45, 2.75) is 39.8 Å². The van der Waals surface area contributed by atoms with E-state index in [0.717, 1.165) is 30.8 Å². The molecule has 2 rings (SSSR count). The highest BCUT2D eigenvalue weighted by atomic mass is 19.1. The summed E-state index contributed by atoms with van der Waals surface area (Å²) in [5, 5.41) is 2.69. The van der Waals surface area contributed by atoms with Gasteiger partial charge in [-0.3, -0.25) is 9.69 Å². The van der Waals surface area contributed by atoms with Crippen LogP contribution in [0.2, 0.25) is 0 Å². The van der Waals surface area contributed by atoms with Gasteiger partial charge in [0.25, 0.3) is 0 Å². The van der Waals surface area contributed by atoms with Gasteiger partial charge in [0.1, 0.15) is 18.2 Å². The summed E-state index contributed by atoms with van der Waals surface area (Å²) in [7, 11) is 1.55. The molecule has 0 heterocycles. The molecule has 0 aliphatic heterocycles. The zero-order valence-corrected chi connectivity index (χ0v) is 18.6. The maximum absolute atomic E-state index is 13.7. The third-order valence-corrected chi connectivity index (χ3v) is 4.74. The molecule has 1 amide bonds. The minimum absolute atomic E-state index is 0.00578. The molecule has 2 aromatic carbocycles. The van der Waals surface area contributed by atoms with Crippen LogP contribution in [0.5, 0.6) is 11.5 Å². The van der Waals surface area contributed by atoms with E-state index >= 15 is 0 Å². The molecule has 0 aliphatic carbocycles. The van der Waals surface area contributed by atoms with E-state index in [9.17, 15) is 13.6 Å². The molecule has 0 atom stereocenters. The fourth-order valence-electron chi connectivity index (χ4n) is 3.23. The van der Waals surface area contributed by atoms with Crippen molar-refractivity contribution >= 4 is 17.7 Å². The van der Waals surface area contributed by atoms with E-state index in [1.165, 1.54) is 6.08 Å². The smallest absolute Gasteiger partial charge is 0.248 e. The Morgan fingerprint density at radius 3 is 2.42 bits per heavy atom. The van der Waals surface area contributed by atoms with Gasteiger partial charge in [-0.1, -0.05) is 0 Å². The number of benzene rings is 2. The highest BCUT2D eigenvalue weighted by Gasteiger charge is 2.14. The fourth-order valence-corrected chi connectivity index (χ4v) is 3.23. The van der Waals surface area contributed by atoms with E-state index in [2.05, 4.69) is 37.9 Å². The van der Waals surface area contributed by atoms with Gasteiger partial charge in [0.15, 0.2) is 11.5 Å². The lowest BCUT2D eigenvalue weighted by molar-refractivity contribution is -0.111. The molecule has 31 heavy (non-hydrogen) atoms. The van der Waals surface area contributed by atoms with Crippen LogP contribution in [0, 0.1) is 11.6 Å². The topological polar surface area (TPSA) is 50.8 Å². The predicted octanol–water partition coefficient (Wildman–Crippen LogP) is 5.12. The average Bonchev–Trinajstić information content (AvgIpc) is 2.71. The molecular weight excluding hydrogens is 402 g/mol. The molecule has 0 saturated carbocycles. The number of hydrogen-bond acceptors (Lipinski definition) is 4. The minimum atomic E-state index is -0.609. The summed E-state index contributed by atoms with van der Waals surface area (Å²) in [4.78, 5) is 14.5. The Balaban J connectivity index is 2.04. The van der Waals surface area contributed by atoms with Crippen molar-refractivity contribution in [3.05, 3.63) is 59.7 Å². The molecule has 0 bridgehead atoms. The molecule has 0 spiro atoms. The largest absolute Gasteiger partial charge is 0.493 e. The SMILES string of the molecule is COc1ccc(NC(=O)C=Cc2cc(F)ccc2F)cc1OCCN(C(C)C)C(C)C. The van der Waals surface area contributed by atoms with Crippen LogP contribution in [0.25, 0.3) is 6.08 Å². The lowest BCUT2D eigenvalue weighted by atomic mass is 10.2. The first kappa shape index (κ1) is 24.3. The Hall–Kier alpha value is -2.93. The summed E-state index contributed by atoms with van der Waals surface area (Å²) in [6, 6.07) is 8.89. The number of anilines is 1. The maximum atomic E-state index is 13.7. The molecule has 5 nitrogen and oxygen atoms in total. The zero-order valence-electron chi connectivity index (χ0n) is 18.6. The summed E-state index contributed by atoms with van der Waals surface area (Å²) in [5.41, 5.74) is 0.489. The van der Waals surface area contributed by atoms with Gasteiger partial charge in [0.05, 0.1) is 7.11 Å². The third-order valence-electron chi connectivity index (χ3n) is 4.74. The molecule has 0 unspecified atom stereocenters. The molecule has 1 N–H and O–H groups in total. The van der Waals surface area contributed by atoms with Gasteiger partial charge in [-0.25, -0.2) is 8.78 Å². The summed E-state index contributed by atoms with van der Waals surface area (Å²) in [6.45, 7) is 9.76. The number of nitrogens with zero attached hydrogens (tertiary/aromatic N) is 1. The number of carbonyl (C=O) groups is 1. The molecule has 0 aromatic heterocycles. The Bertz CT molecular complexity index is 906. The summed E-state index contributed by atoms with van der Waals surface area (Å²) in [5.74, 6) is -0.608. The van der Waals surface area contributed by atoms with E-state index in [4.69, 9.17) is 9.47 Å². The Morgan fingerprint density at radius 1 is 1.06 bits per heavy atom. The van der Waals surface area contributed by atoms with Crippen molar-refractivity contribution in [3.8, 4) is 11.5 Å². The molecule has 0 radical (unpaired) electrons. The highest BCUT2D eigenvalue weighted by molar-refractivity contribution is 6.02. The van der Waals surface area contributed by atoms with Gasteiger partial charge in [-0.05, 0) is 64.1 Å². The molecule has 168 valence electrons. The lowest BCUT2D eigenvalue weighted by Gasteiger charge is -2.30. The van der Waals surface area contributed by atoms with E-state index in [-0.39, 0.29) is 5.56 Å². The Labute approximate surface area is 182 Å². The number of methoxy groups -OCH3 is 1. The van der Waals surface area contributed by atoms with Crippen LogP contribution in [0.4, 0.5) is 14.5 Å². The van der Waals surface area contributed by atoms with Crippen molar-refractivity contribution in [3.63, 3.8) is 0 Å². The van der Waals surface area contributed by atoms with Crippen LogP contribution in [0.15, 0.2) is 42.5 Å². The molecule has 7 heteroatoms. The minimum Gasteiger partial charge on any atom is -0.493 e. The van der Waals surface area contributed by atoms with Crippen molar-refractivity contribution in [1.82, 2.24) is 4.90 Å². The number of hydrogen-bond donors (Lipinski definition) is 1. The number of amides is 1. The molecule has 0 saturated heterocycles. The second kappa shape index (κ2) is 11.5. The maximum Gasteiger partial charge on any atom is 0.248 e. The zero-order chi connectivity index (χ0) is 23.0. The van der Waals surface area contributed by atoms with Gasteiger partial charge in [0, 0.05) is 42.0 Å². The van der Waals surface area contributed by atoms with Crippen molar-refractivity contribution < 1.29 is 23.0 Å². The normalized spacial score (nSPS) is 11.5. The van der Waals surface area contributed by atoms with Crippen LogP contribution in [-0.4, -0.2) is 43.2 Å². The second-order valence-electron chi connectivity index (χ2n) is 7.63. The number of halogens is 2. The first-order valence-electron chi connectivity index (χ1n) is 10.2. The Morgan fingerprint density at radius 2 is 1.77 bits per heavy atom. The highest BCUT2D eigenvalue weighted by Crippen LogP contribution is 2.30. The van der Waals surface area contributed by atoms with E-state index < -0.39 is 17.5 Å². The van der Waals surface area contributed by atoms with E-state index in [1.807, 2.05) is 0 Å². The van der Waals surface area contributed by atoms with Crippen LogP contribution in [-0.2, 0) is 4.79 Å². The van der Waals surface area contributed by atoms with Gasteiger partial charge >= 0.3 is 0 Å². The van der Waals surface area contributed by atoms with Gasteiger partial charge in [-0.15, -0.1) is 0 Å². The van der Waals surface area contributed by atoms with Gasteiger partial charge in [-0.2, -0.15) is 0 Å². The second-order valence-corrected chi connectivity index (χ2v) is 7.63. The van der Waals surface area contributed by atoms with Crippen molar-refractivity contribution in [1.29, 1.82) is 0 Å². The predicted molar refractivity (Wildman–Crippen MR) is 119 cm³/mol. The van der Waals surface area contributed by atoms with Gasteiger partial charge < -0.3 is 14.8 Å². The van der Waals surface area contributed by atoms with E-state index in [0.29, 0.717) is 35.9 Å². The van der Waals surface area contributed by atoms with Gasteiger partial charge in [0.2, 0.25) is 5.91 Å². The monoisotopic (exact) mass is 432 g/mol. The average molecular weight is 433 g/mol. The molecule has 0 aliphatic rings. The number of nitrogens with one attached hydrogen (secondary N) is 1. The summed E-state index contributed by atoms with van der Waals surface area (Å²) < 4.78 is 38.2. The first-order valence-corrected chi connectivity index (χ1v) is 10.2. The summed E-state index contributed by atoms with van der Waals surface area (Å²) in [6.07, 6.45) is 2.37. The molecule has 2 aromatic rings. The van der Waals surface area contributed by atoms with Crippen LogP contribution in [0.1, 0.15) is 33.3 Å². The Kier molecular flexibility index (Phi) is 9.00. The van der Waals surface area contributed by atoms with Crippen LogP contribution < -0.4 is 14.8 Å². The lowest BCUT2D eigenvalue weighted by Crippen LogP contribution is -2.39. The molecular formula is C24H30F2N2O3. The quantitative estimate of drug-likeness (QED) is 0.529. The van der Waals surface area contributed by atoms with Crippen molar-refractivity contribution in [2.24, 2.45) is 0 Å².